The highest BCUT2D eigenvalue weighted by atomic mass is 14.9. The second-order valence-electron chi connectivity index (χ2n) is 25.0. The van der Waals surface area contributed by atoms with Crippen molar-refractivity contribution in [2.24, 2.45) is 0 Å². The molecule has 0 spiro atoms. The minimum atomic E-state index is 0.685. The van der Waals surface area contributed by atoms with E-state index in [0.717, 1.165) is 106 Å². The van der Waals surface area contributed by atoms with Gasteiger partial charge in [-0.2, -0.15) is 0 Å². The van der Waals surface area contributed by atoms with Gasteiger partial charge in [0.05, 0.1) is 22.8 Å². The minimum Gasteiger partial charge on any atom is -0.263 e. The molecule has 18 aromatic rings. The van der Waals surface area contributed by atoms with Crippen LogP contribution in [-0.2, 0) is 0 Å². The second kappa shape index (κ2) is 27.0. The number of hydrogen-bond acceptors (Lipinski definition) is 6. The number of rotatable bonds is 12. The van der Waals surface area contributed by atoms with Crippen molar-refractivity contribution >= 4 is 43.1 Å². The van der Waals surface area contributed by atoms with Gasteiger partial charge >= 0.3 is 0 Å². The van der Waals surface area contributed by atoms with Crippen LogP contribution in [0.2, 0.25) is 0 Å². The molecule has 0 saturated heterocycles. The van der Waals surface area contributed by atoms with Crippen molar-refractivity contribution < 1.29 is 0 Å². The molecule has 4 aromatic heterocycles. The zero-order valence-electron chi connectivity index (χ0n) is 54.5. The fourth-order valence-corrected chi connectivity index (χ4v) is 13.6. The molecule has 0 unspecified atom stereocenters. The van der Waals surface area contributed by atoms with Crippen LogP contribution in [-0.4, -0.2) is 29.9 Å². The summed E-state index contributed by atoms with van der Waals surface area (Å²) in [5.41, 5.74) is 23.5. The molecule has 0 N–H and O–H groups in total. The lowest BCUT2D eigenvalue weighted by molar-refractivity contribution is 1.18. The molecule has 4 heterocycles. The Labute approximate surface area is 580 Å². The highest BCUT2D eigenvalue weighted by molar-refractivity contribution is 6.14. The van der Waals surface area contributed by atoms with Gasteiger partial charge in [-0.15, -0.1) is 0 Å². The van der Waals surface area contributed by atoms with Crippen LogP contribution in [0.3, 0.4) is 0 Å². The first-order valence-electron chi connectivity index (χ1n) is 33.7. The standard InChI is InChI=1S/C51H33N3.C43H29N3/c1-2-11-34(12-3-1)39-15-10-16-41(29-39)50-31-49(37-25-21-36(22-26-37)48-33-52-32-42-14-5-7-18-44(42)48)53-51(54-50)38-27-23-35(24-28-38)47-30-40-13-4-6-17-43(40)45-19-8-9-20-46(45)47;1-3-9-30(10-4-1)32-15-21-35(22-16-32)41-27-42(46-43(45-41)37-25-17-33(18-26-37)31-11-5-2-6-12-31)36-23-19-34(20-24-36)40-29-44-28-38-13-7-8-14-39(38)40/h1-33H;1-29H. The minimum absolute atomic E-state index is 0.685. The molecule has 0 saturated carbocycles. The predicted octanol–water partition coefficient (Wildman–Crippen LogP) is 24.4. The van der Waals surface area contributed by atoms with Gasteiger partial charge in [-0.1, -0.05) is 328 Å². The lowest BCUT2D eigenvalue weighted by atomic mass is 9.93. The van der Waals surface area contributed by atoms with Gasteiger partial charge in [0, 0.05) is 80.1 Å². The first-order chi connectivity index (χ1) is 49.5. The number of benzene rings is 14. The third kappa shape index (κ3) is 12.4. The van der Waals surface area contributed by atoms with Crippen molar-refractivity contribution in [3.05, 3.63) is 377 Å². The highest BCUT2D eigenvalue weighted by Gasteiger charge is 2.17. The summed E-state index contributed by atoms with van der Waals surface area (Å²) in [6.07, 6.45) is 7.72. The summed E-state index contributed by atoms with van der Waals surface area (Å²) in [7, 11) is 0. The van der Waals surface area contributed by atoms with Crippen molar-refractivity contribution in [1.82, 2.24) is 29.9 Å². The summed E-state index contributed by atoms with van der Waals surface area (Å²) in [5.74, 6) is 1.38. The largest absolute Gasteiger partial charge is 0.263 e. The molecule has 0 bridgehead atoms. The van der Waals surface area contributed by atoms with Crippen molar-refractivity contribution in [3.8, 4) is 135 Å². The van der Waals surface area contributed by atoms with Crippen molar-refractivity contribution in [1.29, 1.82) is 0 Å². The number of pyridine rings is 2. The van der Waals surface area contributed by atoms with Crippen LogP contribution in [0.25, 0.3) is 178 Å². The van der Waals surface area contributed by atoms with E-state index in [0.29, 0.717) is 11.6 Å². The molecule has 6 heteroatoms. The van der Waals surface area contributed by atoms with Crippen LogP contribution in [0.4, 0.5) is 0 Å². The lowest BCUT2D eigenvalue weighted by Crippen LogP contribution is -1.96. The van der Waals surface area contributed by atoms with E-state index in [-0.39, 0.29) is 0 Å². The molecule has 468 valence electrons. The maximum atomic E-state index is 5.21. The number of fused-ring (bicyclic) bond motifs is 5. The molecular formula is C94H62N6. The van der Waals surface area contributed by atoms with E-state index >= 15 is 0 Å². The van der Waals surface area contributed by atoms with E-state index in [1.807, 2.05) is 49.1 Å². The Kier molecular flexibility index (Phi) is 16.3. The van der Waals surface area contributed by atoms with E-state index in [1.54, 1.807) is 0 Å². The predicted molar refractivity (Wildman–Crippen MR) is 415 cm³/mol. The number of nitrogens with zero attached hydrogens (tertiary/aromatic N) is 6. The van der Waals surface area contributed by atoms with Gasteiger partial charge in [-0.25, -0.2) is 19.9 Å². The molecule has 6 nitrogen and oxygen atoms in total. The van der Waals surface area contributed by atoms with E-state index in [9.17, 15) is 0 Å². The average Bonchev–Trinajstić information content (AvgIpc) is 0.774. The topological polar surface area (TPSA) is 77.3 Å². The van der Waals surface area contributed by atoms with Crippen molar-refractivity contribution in [2.75, 3.05) is 0 Å². The highest BCUT2D eigenvalue weighted by Crippen LogP contribution is 2.39. The summed E-state index contributed by atoms with van der Waals surface area (Å²) >= 11 is 0. The van der Waals surface area contributed by atoms with Crippen molar-refractivity contribution in [3.63, 3.8) is 0 Å². The van der Waals surface area contributed by atoms with Crippen LogP contribution >= 0.6 is 0 Å². The molecule has 0 atom stereocenters. The van der Waals surface area contributed by atoms with Gasteiger partial charge in [-0.3, -0.25) is 9.97 Å². The quantitative estimate of drug-likeness (QED) is 0.113. The maximum Gasteiger partial charge on any atom is 0.160 e. The Morgan fingerprint density at radius 3 is 0.900 bits per heavy atom. The molecule has 0 aliphatic carbocycles. The maximum absolute atomic E-state index is 5.21. The first-order valence-corrected chi connectivity index (χ1v) is 33.7. The molecule has 100 heavy (non-hydrogen) atoms. The second-order valence-corrected chi connectivity index (χ2v) is 25.0. The van der Waals surface area contributed by atoms with Gasteiger partial charge in [0.1, 0.15) is 0 Å². The van der Waals surface area contributed by atoms with E-state index in [1.165, 1.54) is 60.1 Å². The number of aromatic nitrogens is 6. The monoisotopic (exact) mass is 1270 g/mol. The van der Waals surface area contributed by atoms with E-state index in [4.69, 9.17) is 19.9 Å². The average molecular weight is 1280 g/mol. The molecule has 0 aliphatic rings. The summed E-state index contributed by atoms with van der Waals surface area (Å²) < 4.78 is 0. The molecular weight excluding hydrogens is 1210 g/mol. The van der Waals surface area contributed by atoms with Crippen molar-refractivity contribution in [2.45, 2.75) is 0 Å². The SMILES string of the molecule is c1ccc(-c2ccc(-c3cc(-c4ccc(-c5cncc6ccccc56)cc4)nc(-c4ccc(-c5ccccc5)cc4)n3)cc2)cc1.c1ccc(-c2cccc(-c3cc(-c4ccc(-c5cncc6ccccc56)cc4)nc(-c4ccc(-c5cc6ccccc6c6ccccc56)cc4)n3)c2)cc1. The molecule has 18 rings (SSSR count). The zero-order valence-corrected chi connectivity index (χ0v) is 54.5. The van der Waals surface area contributed by atoms with Crippen LogP contribution in [0.1, 0.15) is 0 Å². The van der Waals surface area contributed by atoms with E-state index in [2.05, 4.69) is 338 Å². The third-order valence-electron chi connectivity index (χ3n) is 18.8. The molecule has 14 aromatic carbocycles. The normalized spacial score (nSPS) is 11.2. The summed E-state index contributed by atoms with van der Waals surface area (Å²) in [5, 5.41) is 9.63. The Morgan fingerprint density at radius 1 is 0.150 bits per heavy atom. The fourth-order valence-electron chi connectivity index (χ4n) is 13.6. The Hall–Kier alpha value is -13.4. The van der Waals surface area contributed by atoms with Crippen LogP contribution < -0.4 is 0 Å². The first kappa shape index (κ1) is 60.3. The Balaban J connectivity index is 0.000000152. The Morgan fingerprint density at radius 2 is 0.450 bits per heavy atom. The van der Waals surface area contributed by atoms with Gasteiger partial charge in [0.25, 0.3) is 0 Å². The Bertz CT molecular complexity index is 5850. The summed E-state index contributed by atoms with van der Waals surface area (Å²) in [6, 6.07) is 124. The van der Waals surface area contributed by atoms with Gasteiger partial charge < -0.3 is 0 Å². The van der Waals surface area contributed by atoms with Gasteiger partial charge in [-0.05, 0) is 112 Å². The molecule has 0 radical (unpaired) electrons. The van der Waals surface area contributed by atoms with Gasteiger partial charge in [0.2, 0.25) is 0 Å². The van der Waals surface area contributed by atoms with Gasteiger partial charge in [0.15, 0.2) is 11.6 Å². The summed E-state index contributed by atoms with van der Waals surface area (Å²) in [6.45, 7) is 0. The zero-order chi connectivity index (χ0) is 66.6. The lowest BCUT2D eigenvalue weighted by Gasteiger charge is -2.13. The number of hydrogen-bond donors (Lipinski definition) is 0. The molecule has 0 amide bonds. The van der Waals surface area contributed by atoms with Crippen LogP contribution in [0.15, 0.2) is 377 Å². The van der Waals surface area contributed by atoms with Crippen LogP contribution in [0, 0.1) is 0 Å². The molecule has 0 fully saturated rings. The third-order valence-corrected chi connectivity index (χ3v) is 18.8. The summed E-state index contributed by atoms with van der Waals surface area (Å²) in [4.78, 5) is 29.6. The van der Waals surface area contributed by atoms with E-state index < -0.39 is 0 Å². The molecule has 0 aliphatic heterocycles. The van der Waals surface area contributed by atoms with Crippen LogP contribution in [0.5, 0.6) is 0 Å². The smallest absolute Gasteiger partial charge is 0.160 e. The fraction of sp³-hybridized carbons (Fsp3) is 0.